The first-order valence-electron chi connectivity index (χ1n) is 2.84. The lowest BCUT2D eigenvalue weighted by atomic mass is 10.4. The topological polar surface area (TPSA) is 23.8 Å². The van der Waals surface area contributed by atoms with Gasteiger partial charge >= 0.3 is 20.4 Å². The van der Waals surface area contributed by atoms with Crippen molar-refractivity contribution in [1.29, 1.82) is 5.26 Å². The molecule has 0 aromatic heterocycles. The van der Waals surface area contributed by atoms with Gasteiger partial charge in [-0.1, -0.05) is 30.3 Å². The first-order valence-corrected chi connectivity index (χ1v) is 4.26. The van der Waals surface area contributed by atoms with Crippen molar-refractivity contribution in [2.45, 2.75) is 0 Å². The lowest BCUT2D eigenvalue weighted by Crippen LogP contribution is -2.10. The van der Waals surface area contributed by atoms with E-state index in [9.17, 15) is 0 Å². The van der Waals surface area contributed by atoms with E-state index >= 15 is 0 Å². The Hall–Kier alpha value is -0.234. The highest BCUT2D eigenvalue weighted by Crippen LogP contribution is 1.79. The average Bonchev–Trinajstić information content (AvgIpc) is 1.91. The predicted octanol–water partition coefficient (Wildman–Crippen LogP) is 0.919. The summed E-state index contributed by atoms with van der Waals surface area (Å²) in [6, 6.07) is 9.93. The summed E-state index contributed by atoms with van der Waals surface area (Å²) in [5.74, 6) is 0. The van der Waals surface area contributed by atoms with Crippen molar-refractivity contribution in [1.82, 2.24) is 0 Å². The largest absolute Gasteiger partial charge is 0.562 e. The Labute approximate surface area is 76.2 Å². The van der Waals surface area contributed by atoms with E-state index in [0.29, 0.717) is 0 Å². The molecule has 0 bridgehead atoms. The Bertz CT molecular complexity index is 217. The normalized spacial score (nSPS) is 6.70. The molecule has 1 aromatic rings. The summed E-state index contributed by atoms with van der Waals surface area (Å²) in [5, 5.41) is 8.33. The fourth-order valence-corrected chi connectivity index (χ4v) is 1.38. The molecule has 0 atom stereocenters. The summed E-state index contributed by atoms with van der Waals surface area (Å²) < 4.78 is 3.45. The van der Waals surface area contributed by atoms with Gasteiger partial charge in [0.1, 0.15) is 0 Å². The zero-order valence-corrected chi connectivity index (χ0v) is 7.68. The quantitative estimate of drug-likeness (QED) is 0.566. The number of benzene rings is 1. The summed E-state index contributed by atoms with van der Waals surface area (Å²) >= 11 is -0.595. The molecule has 3 heteroatoms. The number of rotatable bonds is 1. The highest BCUT2D eigenvalue weighted by Gasteiger charge is 1.93. The van der Waals surface area contributed by atoms with E-state index in [1.807, 2.05) is 30.3 Å². The number of nitriles is 1. The fourth-order valence-electron chi connectivity index (χ4n) is 0.687. The minimum Gasteiger partial charge on any atom is -0.240 e. The molecule has 0 heterocycles. The Morgan fingerprint density at radius 2 is 1.80 bits per heavy atom. The van der Waals surface area contributed by atoms with Crippen LogP contribution in [0.3, 0.4) is 0 Å². The van der Waals surface area contributed by atoms with Crippen LogP contribution < -0.4 is 3.69 Å². The summed E-state index contributed by atoms with van der Waals surface area (Å²) in [4.78, 5) is 0. The molecule has 0 radical (unpaired) electrons. The molecule has 0 unspecified atom stereocenters. The Balaban J connectivity index is 0.000000810. The van der Waals surface area contributed by atoms with Crippen LogP contribution in [0.25, 0.3) is 0 Å². The zero-order valence-electron chi connectivity index (χ0n) is 5.45. The summed E-state index contributed by atoms with van der Waals surface area (Å²) in [6.45, 7) is 0. The number of halogens is 1. The third-order valence-electron chi connectivity index (χ3n) is 1.13. The van der Waals surface area contributed by atoms with Crippen LogP contribution in [0.1, 0.15) is 0 Å². The second-order valence-electron chi connectivity index (χ2n) is 1.82. The molecular weight excluding hydrogens is 158 g/mol. The summed E-state index contributed by atoms with van der Waals surface area (Å²) in [6.07, 6.45) is 0. The number of hydrogen-bond donors (Lipinski definition) is 0. The molecule has 10 heavy (non-hydrogen) atoms. The third-order valence-corrected chi connectivity index (χ3v) is 2.16. The molecular formula is C7H6ClMgN. The fraction of sp³-hybridized carbons (Fsp3) is 0. The van der Waals surface area contributed by atoms with Gasteiger partial charge in [0.05, 0.1) is 0 Å². The van der Waals surface area contributed by atoms with Gasteiger partial charge in [-0.05, 0) is 0 Å². The van der Waals surface area contributed by atoms with E-state index in [1.165, 1.54) is 3.69 Å². The second-order valence-corrected chi connectivity index (χ2v) is 3.31. The van der Waals surface area contributed by atoms with E-state index in [4.69, 9.17) is 5.26 Å². The minimum absolute atomic E-state index is 0. The summed E-state index contributed by atoms with van der Waals surface area (Å²) in [7, 11) is 0. The first kappa shape index (κ1) is 9.77. The monoisotopic (exact) mass is 163 g/mol. The van der Waals surface area contributed by atoms with Crippen LogP contribution in [0.4, 0.5) is 0 Å². The van der Waals surface area contributed by atoms with Crippen LogP contribution in [0, 0.1) is 9.46 Å². The molecule has 0 saturated heterocycles. The van der Waals surface area contributed by atoms with Crippen molar-refractivity contribution < 1.29 is 0 Å². The van der Waals surface area contributed by atoms with Gasteiger partial charge in [0.15, 0.2) is 0 Å². The van der Waals surface area contributed by atoms with Gasteiger partial charge in [-0.2, -0.15) is 0 Å². The van der Waals surface area contributed by atoms with Crippen LogP contribution in [0.15, 0.2) is 30.3 Å². The minimum atomic E-state index is -0.595. The van der Waals surface area contributed by atoms with Crippen LogP contribution in [0.2, 0.25) is 0 Å². The van der Waals surface area contributed by atoms with Crippen LogP contribution in [0.5, 0.6) is 0 Å². The molecule has 0 saturated carbocycles. The second kappa shape index (κ2) is 5.54. The van der Waals surface area contributed by atoms with Crippen molar-refractivity contribution in [3.8, 4) is 4.20 Å². The molecule has 0 amide bonds. The Morgan fingerprint density at radius 1 is 1.20 bits per heavy atom. The SMILES string of the molecule is Cl.N#[C][Mg][c]1ccccc1. The Kier molecular flexibility index (Phi) is 5.41. The molecule has 1 aromatic carbocycles. The van der Waals surface area contributed by atoms with Gasteiger partial charge in [-0.25, -0.2) is 5.26 Å². The van der Waals surface area contributed by atoms with Crippen LogP contribution >= 0.6 is 12.4 Å². The highest BCUT2D eigenvalue weighted by molar-refractivity contribution is 6.60. The van der Waals surface area contributed by atoms with E-state index in [2.05, 4.69) is 4.20 Å². The van der Waals surface area contributed by atoms with Crippen LogP contribution in [-0.4, -0.2) is 20.4 Å². The molecule has 48 valence electrons. The maximum atomic E-state index is 8.33. The van der Waals surface area contributed by atoms with Gasteiger partial charge in [-0.3, -0.25) is 0 Å². The summed E-state index contributed by atoms with van der Waals surface area (Å²) in [5.41, 5.74) is 0. The van der Waals surface area contributed by atoms with Gasteiger partial charge in [-0.15, -0.1) is 20.3 Å². The van der Waals surface area contributed by atoms with Crippen molar-refractivity contribution in [3.05, 3.63) is 30.3 Å². The average molecular weight is 164 g/mol. The third kappa shape index (κ3) is 3.07. The lowest BCUT2D eigenvalue weighted by Gasteiger charge is -1.86. The maximum Gasteiger partial charge on any atom is 0.562 e. The molecule has 0 aliphatic rings. The molecule has 0 spiro atoms. The van der Waals surface area contributed by atoms with Crippen LogP contribution in [-0.2, 0) is 0 Å². The maximum absolute atomic E-state index is 8.33. The standard InChI is InChI=1S/C6H5.CN.ClH.Mg/c1-2-4-6-5-3-1;1-2;;/h1-5H;;1H;. The van der Waals surface area contributed by atoms with Crippen molar-refractivity contribution in [3.63, 3.8) is 0 Å². The van der Waals surface area contributed by atoms with Gasteiger partial charge in [0.25, 0.3) is 0 Å². The molecule has 1 rings (SSSR count). The van der Waals surface area contributed by atoms with E-state index in [0.717, 1.165) is 0 Å². The molecule has 0 N–H and O–H groups in total. The Morgan fingerprint density at radius 3 is 2.30 bits per heavy atom. The number of hydrogen-bond acceptors (Lipinski definition) is 1. The van der Waals surface area contributed by atoms with Gasteiger partial charge in [0, 0.05) is 0 Å². The molecule has 0 aliphatic heterocycles. The van der Waals surface area contributed by atoms with Crippen molar-refractivity contribution in [2.75, 3.05) is 0 Å². The van der Waals surface area contributed by atoms with E-state index in [-0.39, 0.29) is 12.4 Å². The van der Waals surface area contributed by atoms with E-state index in [1.54, 1.807) is 0 Å². The van der Waals surface area contributed by atoms with Gasteiger partial charge in [0.2, 0.25) is 0 Å². The molecule has 0 aliphatic carbocycles. The molecule has 0 fully saturated rings. The van der Waals surface area contributed by atoms with Crippen molar-refractivity contribution in [2.24, 2.45) is 0 Å². The van der Waals surface area contributed by atoms with Crippen molar-refractivity contribution >= 4 is 36.5 Å². The van der Waals surface area contributed by atoms with Gasteiger partial charge < -0.3 is 0 Å². The highest BCUT2D eigenvalue weighted by atomic mass is 35.5. The molecule has 1 nitrogen and oxygen atoms in total. The predicted molar refractivity (Wildman–Crippen MR) is 44.7 cm³/mol. The smallest absolute Gasteiger partial charge is 0.240 e. The lowest BCUT2D eigenvalue weighted by molar-refractivity contribution is 1.56. The van der Waals surface area contributed by atoms with E-state index < -0.39 is 20.4 Å². The zero-order chi connectivity index (χ0) is 6.53. The first-order chi connectivity index (χ1) is 4.43. The number of nitrogens with zero attached hydrogens (tertiary/aromatic N) is 1.